The Labute approximate surface area is 127 Å². The molecule has 3 N–H and O–H groups in total. The van der Waals surface area contributed by atoms with E-state index in [4.69, 9.17) is 10.5 Å². The monoisotopic (exact) mass is 290 g/mol. The van der Waals surface area contributed by atoms with Gasteiger partial charge in [0.25, 0.3) is 0 Å². The van der Waals surface area contributed by atoms with Crippen LogP contribution < -0.4 is 11.1 Å². The number of benzene rings is 1. The van der Waals surface area contributed by atoms with Crippen molar-refractivity contribution in [2.45, 2.75) is 39.5 Å². The zero-order valence-electron chi connectivity index (χ0n) is 13.0. The molecule has 1 aliphatic rings. The highest BCUT2D eigenvalue weighted by atomic mass is 16.5. The summed E-state index contributed by atoms with van der Waals surface area (Å²) in [5.74, 6) is 1.26. The van der Waals surface area contributed by atoms with Crippen LogP contribution in [-0.4, -0.2) is 19.1 Å². The molecule has 1 fully saturated rings. The smallest absolute Gasteiger partial charge is 0.338 e. The van der Waals surface area contributed by atoms with Crippen molar-refractivity contribution in [3.05, 3.63) is 23.8 Å². The second-order valence-electron chi connectivity index (χ2n) is 6.03. The first-order valence-electron chi connectivity index (χ1n) is 7.90. The molecule has 0 aromatic heterocycles. The molecule has 0 amide bonds. The normalized spacial score (nSPS) is 21.8. The van der Waals surface area contributed by atoms with Crippen molar-refractivity contribution < 1.29 is 9.53 Å². The third-order valence-electron chi connectivity index (χ3n) is 4.28. The summed E-state index contributed by atoms with van der Waals surface area (Å²) in [6.07, 6.45) is 5.16. The molecule has 21 heavy (non-hydrogen) atoms. The topological polar surface area (TPSA) is 64.3 Å². The second-order valence-corrected chi connectivity index (χ2v) is 6.03. The lowest BCUT2D eigenvalue weighted by Crippen LogP contribution is -2.20. The van der Waals surface area contributed by atoms with Crippen LogP contribution in [0.25, 0.3) is 0 Å². The minimum absolute atomic E-state index is 0.299. The van der Waals surface area contributed by atoms with E-state index in [1.807, 2.05) is 0 Å². The number of nitrogens with one attached hydrogen (secondary N) is 1. The third kappa shape index (κ3) is 4.38. The van der Waals surface area contributed by atoms with Crippen molar-refractivity contribution >= 4 is 17.3 Å². The van der Waals surface area contributed by atoms with Gasteiger partial charge in [-0.3, -0.25) is 0 Å². The summed E-state index contributed by atoms with van der Waals surface area (Å²) in [6.45, 7) is 5.43. The molecule has 0 spiro atoms. The van der Waals surface area contributed by atoms with Crippen LogP contribution in [0.1, 0.15) is 49.9 Å². The molecular formula is C17H26N2O2. The van der Waals surface area contributed by atoms with E-state index in [2.05, 4.69) is 12.2 Å². The molecule has 4 heteroatoms. The molecule has 116 valence electrons. The first kappa shape index (κ1) is 15.7. The largest absolute Gasteiger partial charge is 0.462 e. The molecule has 0 heterocycles. The predicted octanol–water partition coefficient (Wildman–Crippen LogP) is 3.68. The number of hydrogen-bond donors (Lipinski definition) is 2. The summed E-state index contributed by atoms with van der Waals surface area (Å²) >= 11 is 0. The fourth-order valence-electron chi connectivity index (χ4n) is 2.84. The van der Waals surface area contributed by atoms with Crippen LogP contribution in [0, 0.1) is 11.8 Å². The maximum Gasteiger partial charge on any atom is 0.338 e. The van der Waals surface area contributed by atoms with E-state index >= 15 is 0 Å². The first-order chi connectivity index (χ1) is 10.1. The van der Waals surface area contributed by atoms with Crippen molar-refractivity contribution in [1.82, 2.24) is 0 Å². The van der Waals surface area contributed by atoms with Gasteiger partial charge in [0, 0.05) is 6.54 Å². The van der Waals surface area contributed by atoms with E-state index in [-0.39, 0.29) is 5.97 Å². The van der Waals surface area contributed by atoms with E-state index in [1.165, 1.54) is 25.7 Å². The Morgan fingerprint density at radius 2 is 2.05 bits per heavy atom. The molecule has 0 bridgehead atoms. The minimum atomic E-state index is -0.299. The van der Waals surface area contributed by atoms with Crippen LogP contribution in [0.15, 0.2) is 18.2 Å². The number of nitrogen functional groups attached to an aromatic ring is 1. The number of hydrogen-bond acceptors (Lipinski definition) is 4. The highest BCUT2D eigenvalue weighted by Crippen LogP contribution is 2.29. The van der Waals surface area contributed by atoms with Crippen LogP contribution >= 0.6 is 0 Å². The summed E-state index contributed by atoms with van der Waals surface area (Å²) in [5, 5.41) is 3.40. The molecule has 2 rings (SSSR count). The second kappa shape index (κ2) is 7.34. The lowest BCUT2D eigenvalue weighted by molar-refractivity contribution is 0.0526. The van der Waals surface area contributed by atoms with Crippen molar-refractivity contribution in [2.75, 3.05) is 24.2 Å². The Hall–Kier alpha value is -1.71. The third-order valence-corrected chi connectivity index (χ3v) is 4.28. The number of carbonyl (C=O) groups is 1. The Bertz CT molecular complexity index is 480. The fraction of sp³-hybridized carbons (Fsp3) is 0.588. The van der Waals surface area contributed by atoms with Gasteiger partial charge < -0.3 is 15.8 Å². The van der Waals surface area contributed by atoms with Crippen LogP contribution in [0.3, 0.4) is 0 Å². The van der Waals surface area contributed by atoms with E-state index in [9.17, 15) is 4.79 Å². The Balaban J connectivity index is 1.95. The molecule has 0 saturated heterocycles. The zero-order chi connectivity index (χ0) is 15.2. The zero-order valence-corrected chi connectivity index (χ0v) is 13.0. The van der Waals surface area contributed by atoms with E-state index in [1.54, 1.807) is 25.1 Å². The summed E-state index contributed by atoms with van der Waals surface area (Å²) in [5.41, 5.74) is 8.04. The van der Waals surface area contributed by atoms with E-state index in [0.717, 1.165) is 18.2 Å². The van der Waals surface area contributed by atoms with Gasteiger partial charge in [0.1, 0.15) is 0 Å². The van der Waals surface area contributed by atoms with E-state index in [0.29, 0.717) is 23.8 Å². The highest BCUT2D eigenvalue weighted by molar-refractivity contribution is 5.92. The van der Waals surface area contributed by atoms with Crippen molar-refractivity contribution in [3.63, 3.8) is 0 Å². The number of carbonyl (C=O) groups excluding carboxylic acids is 1. The molecule has 0 atom stereocenters. The molecule has 0 radical (unpaired) electrons. The Kier molecular flexibility index (Phi) is 5.48. The highest BCUT2D eigenvalue weighted by Gasteiger charge is 2.18. The molecule has 1 aliphatic carbocycles. The van der Waals surface area contributed by atoms with Crippen LogP contribution in [0.4, 0.5) is 11.4 Å². The van der Waals surface area contributed by atoms with Crippen molar-refractivity contribution in [2.24, 2.45) is 11.8 Å². The average Bonchev–Trinajstić information content (AvgIpc) is 2.48. The lowest BCUT2D eigenvalue weighted by Gasteiger charge is -2.26. The molecule has 4 nitrogen and oxygen atoms in total. The van der Waals surface area contributed by atoms with Gasteiger partial charge >= 0.3 is 5.97 Å². The summed E-state index contributed by atoms with van der Waals surface area (Å²) in [4.78, 5) is 11.8. The molecule has 0 unspecified atom stereocenters. The molecular weight excluding hydrogens is 264 g/mol. The number of nitrogens with two attached hydrogens (primary N) is 1. The first-order valence-corrected chi connectivity index (χ1v) is 7.90. The van der Waals surface area contributed by atoms with Gasteiger partial charge in [-0.1, -0.05) is 19.8 Å². The maximum atomic E-state index is 11.8. The average molecular weight is 290 g/mol. The number of rotatable bonds is 5. The lowest BCUT2D eigenvalue weighted by atomic mass is 9.83. The van der Waals surface area contributed by atoms with Crippen LogP contribution in [0.2, 0.25) is 0 Å². The quantitative estimate of drug-likeness (QED) is 0.641. The molecule has 1 saturated carbocycles. The summed E-state index contributed by atoms with van der Waals surface area (Å²) < 4.78 is 5.02. The standard InChI is InChI=1S/C17H26N2O2/c1-3-21-17(20)14-8-9-15(18)16(10-14)19-11-13-6-4-12(2)5-7-13/h8-10,12-13,19H,3-7,11,18H2,1-2H3. The van der Waals surface area contributed by atoms with Gasteiger partial charge in [-0.25, -0.2) is 4.79 Å². The Morgan fingerprint density at radius 3 is 2.71 bits per heavy atom. The molecule has 1 aromatic rings. The van der Waals surface area contributed by atoms with Crippen molar-refractivity contribution in [3.8, 4) is 0 Å². The van der Waals surface area contributed by atoms with Crippen LogP contribution in [0.5, 0.6) is 0 Å². The Morgan fingerprint density at radius 1 is 1.33 bits per heavy atom. The van der Waals surface area contributed by atoms with Gasteiger partial charge in [-0.05, 0) is 49.8 Å². The van der Waals surface area contributed by atoms with Gasteiger partial charge in [0.2, 0.25) is 0 Å². The maximum absolute atomic E-state index is 11.8. The van der Waals surface area contributed by atoms with Gasteiger partial charge in [-0.2, -0.15) is 0 Å². The number of esters is 1. The van der Waals surface area contributed by atoms with Crippen molar-refractivity contribution in [1.29, 1.82) is 0 Å². The summed E-state index contributed by atoms with van der Waals surface area (Å²) in [6, 6.07) is 5.26. The number of ether oxygens (including phenoxy) is 1. The summed E-state index contributed by atoms with van der Waals surface area (Å²) in [7, 11) is 0. The molecule has 0 aliphatic heterocycles. The van der Waals surface area contributed by atoms with Crippen LogP contribution in [-0.2, 0) is 4.74 Å². The fourth-order valence-corrected chi connectivity index (χ4v) is 2.84. The predicted molar refractivity (Wildman–Crippen MR) is 86.4 cm³/mol. The van der Waals surface area contributed by atoms with E-state index < -0.39 is 0 Å². The van der Waals surface area contributed by atoms with Gasteiger partial charge in [0.15, 0.2) is 0 Å². The SMILES string of the molecule is CCOC(=O)c1ccc(N)c(NCC2CCC(C)CC2)c1. The minimum Gasteiger partial charge on any atom is -0.462 e. The van der Waals surface area contributed by atoms with Gasteiger partial charge in [-0.15, -0.1) is 0 Å². The molecule has 1 aromatic carbocycles. The number of anilines is 2. The van der Waals surface area contributed by atoms with Gasteiger partial charge in [0.05, 0.1) is 23.5 Å².